The Hall–Kier alpha value is -3.04. The van der Waals surface area contributed by atoms with Gasteiger partial charge in [0.15, 0.2) is 11.5 Å². The molecule has 3 rings (SSSR count). The van der Waals surface area contributed by atoms with Gasteiger partial charge in [-0.2, -0.15) is 5.26 Å². The van der Waals surface area contributed by atoms with Crippen molar-refractivity contribution in [3.63, 3.8) is 0 Å². The van der Waals surface area contributed by atoms with Crippen molar-refractivity contribution >= 4 is 11.6 Å². The van der Waals surface area contributed by atoms with Gasteiger partial charge in [-0.1, -0.05) is 32.0 Å². The van der Waals surface area contributed by atoms with E-state index in [1.165, 1.54) is 0 Å². The summed E-state index contributed by atoms with van der Waals surface area (Å²) >= 11 is 0. The number of benzene rings is 2. The topological polar surface area (TPSA) is 83.4 Å². The number of anilines is 1. The lowest BCUT2D eigenvalue weighted by molar-refractivity contribution is -0.118. The van der Waals surface area contributed by atoms with Gasteiger partial charge in [0.2, 0.25) is 5.91 Å². The zero-order chi connectivity index (χ0) is 20.1. The molecule has 2 aromatic carbocycles. The fraction of sp³-hybridized carbons (Fsp3) is 0.364. The number of hydrogen-bond donors (Lipinski definition) is 2. The highest BCUT2D eigenvalue weighted by Gasteiger charge is 2.24. The summed E-state index contributed by atoms with van der Waals surface area (Å²) in [7, 11) is 0. The molecule has 1 aliphatic heterocycles. The van der Waals surface area contributed by atoms with Crippen LogP contribution in [0.3, 0.4) is 0 Å². The summed E-state index contributed by atoms with van der Waals surface area (Å²) in [6, 6.07) is 14.5. The number of para-hydroxylation sites is 1. The predicted octanol–water partition coefficient (Wildman–Crippen LogP) is 3.64. The van der Waals surface area contributed by atoms with Gasteiger partial charge in [0, 0.05) is 6.04 Å². The number of nitriles is 1. The van der Waals surface area contributed by atoms with Crippen LogP contribution in [0.1, 0.15) is 37.9 Å². The van der Waals surface area contributed by atoms with Gasteiger partial charge in [0.25, 0.3) is 0 Å². The van der Waals surface area contributed by atoms with Crippen molar-refractivity contribution in [3.05, 3.63) is 53.6 Å². The first kappa shape index (κ1) is 19.7. The zero-order valence-corrected chi connectivity index (χ0v) is 16.4. The maximum Gasteiger partial charge on any atom is 0.241 e. The molecule has 2 aromatic rings. The number of fused-ring (bicyclic) bond motifs is 1. The molecule has 1 heterocycles. The fourth-order valence-corrected chi connectivity index (χ4v) is 3.20. The average molecular weight is 379 g/mol. The summed E-state index contributed by atoms with van der Waals surface area (Å²) < 4.78 is 11.3. The van der Waals surface area contributed by atoms with Gasteiger partial charge in [-0.05, 0) is 42.7 Å². The molecule has 1 aliphatic rings. The van der Waals surface area contributed by atoms with Gasteiger partial charge in [0.05, 0.1) is 17.3 Å². The average Bonchev–Trinajstić information content (AvgIpc) is 2.71. The van der Waals surface area contributed by atoms with Crippen molar-refractivity contribution in [2.24, 2.45) is 5.92 Å². The Morgan fingerprint density at radius 2 is 1.79 bits per heavy atom. The highest BCUT2D eigenvalue weighted by molar-refractivity contribution is 5.95. The highest BCUT2D eigenvalue weighted by atomic mass is 16.6. The normalized spacial score (nSPS) is 14.8. The highest BCUT2D eigenvalue weighted by Crippen LogP contribution is 2.34. The molecule has 0 aromatic heterocycles. The van der Waals surface area contributed by atoms with E-state index in [0.29, 0.717) is 24.5 Å². The van der Waals surface area contributed by atoms with E-state index in [-0.39, 0.29) is 17.9 Å². The lowest BCUT2D eigenvalue weighted by Gasteiger charge is -2.28. The van der Waals surface area contributed by atoms with Crippen LogP contribution in [0, 0.1) is 17.2 Å². The van der Waals surface area contributed by atoms with Crippen LogP contribution >= 0.6 is 0 Å². The molecule has 6 nitrogen and oxygen atoms in total. The van der Waals surface area contributed by atoms with Crippen molar-refractivity contribution in [1.29, 1.82) is 5.26 Å². The fourth-order valence-electron chi connectivity index (χ4n) is 3.20. The lowest BCUT2D eigenvalue weighted by atomic mass is 9.94. The second-order valence-corrected chi connectivity index (χ2v) is 7.16. The third-order valence-corrected chi connectivity index (χ3v) is 4.72. The Bertz CT molecular complexity index is 889. The Labute approximate surface area is 165 Å². The number of nitrogens with zero attached hydrogens (tertiary/aromatic N) is 1. The van der Waals surface area contributed by atoms with Crippen LogP contribution < -0.4 is 20.1 Å². The maximum atomic E-state index is 12.7. The van der Waals surface area contributed by atoms with Crippen molar-refractivity contribution in [1.82, 2.24) is 5.32 Å². The summed E-state index contributed by atoms with van der Waals surface area (Å²) in [6.07, 6.45) is 0. The van der Waals surface area contributed by atoms with Crippen LogP contribution in [-0.4, -0.2) is 25.2 Å². The number of carbonyl (C=O) groups excluding carboxylic acids is 1. The predicted molar refractivity (Wildman–Crippen MR) is 107 cm³/mol. The van der Waals surface area contributed by atoms with Crippen LogP contribution in [0.15, 0.2) is 42.5 Å². The summed E-state index contributed by atoms with van der Waals surface area (Å²) in [5.74, 6) is 1.54. The van der Waals surface area contributed by atoms with Crippen molar-refractivity contribution in [2.45, 2.75) is 32.9 Å². The van der Waals surface area contributed by atoms with E-state index in [4.69, 9.17) is 9.47 Å². The zero-order valence-electron chi connectivity index (χ0n) is 16.4. The number of amides is 1. The van der Waals surface area contributed by atoms with E-state index >= 15 is 0 Å². The van der Waals surface area contributed by atoms with E-state index in [9.17, 15) is 10.1 Å². The van der Waals surface area contributed by atoms with Gasteiger partial charge in [-0.25, -0.2) is 0 Å². The largest absolute Gasteiger partial charge is 0.486 e. The standard InChI is InChI=1S/C22H25N3O3/c1-14(2)21(16-8-9-19-20(12-16)28-11-10-27-19)24-15(3)22(26)25-18-7-5-4-6-17(18)13-23/h4-9,12,14-15,21,24H,10-11H2,1-3H3,(H,25,26)/t15-,21+/m0/s1. The first-order valence-corrected chi connectivity index (χ1v) is 9.45. The smallest absolute Gasteiger partial charge is 0.241 e. The van der Waals surface area contributed by atoms with Gasteiger partial charge in [-0.3, -0.25) is 10.1 Å². The van der Waals surface area contributed by atoms with Gasteiger partial charge in [-0.15, -0.1) is 0 Å². The van der Waals surface area contributed by atoms with E-state index in [0.717, 1.165) is 17.1 Å². The Morgan fingerprint density at radius 1 is 1.07 bits per heavy atom. The van der Waals surface area contributed by atoms with Crippen LogP contribution in [0.5, 0.6) is 11.5 Å². The third kappa shape index (κ3) is 4.44. The van der Waals surface area contributed by atoms with E-state index in [1.807, 2.05) is 25.1 Å². The Morgan fingerprint density at radius 3 is 2.50 bits per heavy atom. The van der Waals surface area contributed by atoms with E-state index in [1.54, 1.807) is 24.3 Å². The molecule has 0 unspecified atom stereocenters. The summed E-state index contributed by atoms with van der Waals surface area (Å²) in [6.45, 7) is 7.11. The second-order valence-electron chi connectivity index (χ2n) is 7.16. The van der Waals surface area contributed by atoms with Crippen molar-refractivity contribution in [2.75, 3.05) is 18.5 Å². The number of nitrogens with one attached hydrogen (secondary N) is 2. The van der Waals surface area contributed by atoms with Gasteiger partial charge in [0.1, 0.15) is 19.3 Å². The molecule has 0 saturated carbocycles. The molecular weight excluding hydrogens is 354 g/mol. The molecule has 2 atom stereocenters. The SMILES string of the molecule is CC(C)[C@@H](N[C@@H](C)C(=O)Nc1ccccc1C#N)c1ccc2c(c1)OCCO2. The molecule has 6 heteroatoms. The Kier molecular flexibility index (Phi) is 6.17. The second kappa shape index (κ2) is 8.77. The first-order valence-electron chi connectivity index (χ1n) is 9.45. The number of rotatable bonds is 6. The molecule has 2 N–H and O–H groups in total. The molecular formula is C22H25N3O3. The van der Waals surface area contributed by atoms with E-state index < -0.39 is 6.04 Å². The maximum absolute atomic E-state index is 12.7. The minimum Gasteiger partial charge on any atom is -0.486 e. The van der Waals surface area contributed by atoms with Crippen LogP contribution in [-0.2, 0) is 4.79 Å². The first-order chi connectivity index (χ1) is 13.5. The molecule has 0 radical (unpaired) electrons. The molecule has 0 bridgehead atoms. The van der Waals surface area contributed by atoms with E-state index in [2.05, 4.69) is 30.6 Å². The minimum absolute atomic E-state index is 0.0391. The number of carbonyl (C=O) groups is 1. The van der Waals surface area contributed by atoms with Crippen molar-refractivity contribution in [3.8, 4) is 17.6 Å². The van der Waals surface area contributed by atoms with Crippen LogP contribution in [0.2, 0.25) is 0 Å². The van der Waals surface area contributed by atoms with Crippen molar-refractivity contribution < 1.29 is 14.3 Å². The molecule has 28 heavy (non-hydrogen) atoms. The summed E-state index contributed by atoms with van der Waals surface area (Å²) in [5, 5.41) is 15.4. The number of ether oxygens (including phenoxy) is 2. The molecule has 0 aliphatic carbocycles. The van der Waals surface area contributed by atoms with Gasteiger partial charge >= 0.3 is 0 Å². The number of hydrogen-bond acceptors (Lipinski definition) is 5. The monoisotopic (exact) mass is 379 g/mol. The van der Waals surface area contributed by atoms with Gasteiger partial charge < -0.3 is 14.8 Å². The Balaban J connectivity index is 1.73. The van der Waals surface area contributed by atoms with Crippen LogP contribution in [0.25, 0.3) is 0 Å². The quantitative estimate of drug-likeness (QED) is 0.801. The lowest BCUT2D eigenvalue weighted by Crippen LogP contribution is -2.41. The summed E-state index contributed by atoms with van der Waals surface area (Å²) in [5.41, 5.74) is 2.00. The molecule has 0 spiro atoms. The third-order valence-electron chi connectivity index (χ3n) is 4.72. The molecule has 146 valence electrons. The summed E-state index contributed by atoms with van der Waals surface area (Å²) in [4.78, 5) is 12.7. The van der Waals surface area contributed by atoms with Crippen LogP contribution in [0.4, 0.5) is 5.69 Å². The minimum atomic E-state index is -0.452. The molecule has 0 saturated heterocycles. The molecule has 1 amide bonds. The molecule has 0 fully saturated rings.